The van der Waals surface area contributed by atoms with Gasteiger partial charge in [0.2, 0.25) is 5.82 Å². The SMILES string of the molecule is CCC[C@H]1CCCN(CC(O)c2ccc(-c3noc(-c4noc(-c5ccccc5)c4C)n3)cc2)C1.O=C=O. The van der Waals surface area contributed by atoms with Gasteiger partial charge in [-0.25, -0.2) is 0 Å². The van der Waals surface area contributed by atoms with Gasteiger partial charge in [-0.1, -0.05) is 78.3 Å². The van der Waals surface area contributed by atoms with E-state index in [9.17, 15) is 5.11 Å². The summed E-state index contributed by atoms with van der Waals surface area (Å²) >= 11 is 0. The second kappa shape index (κ2) is 13.1. The Morgan fingerprint density at radius 1 is 1.05 bits per heavy atom. The number of nitrogens with zero attached hydrogens (tertiary/aromatic N) is 4. The largest absolute Gasteiger partial charge is 0.387 e. The first-order valence-corrected chi connectivity index (χ1v) is 12.9. The van der Waals surface area contributed by atoms with Crippen molar-refractivity contribution in [2.45, 2.75) is 45.6 Å². The quantitative estimate of drug-likeness (QED) is 0.331. The third-order valence-electron chi connectivity index (χ3n) is 6.87. The van der Waals surface area contributed by atoms with Crippen molar-refractivity contribution >= 4 is 6.15 Å². The number of benzene rings is 2. The van der Waals surface area contributed by atoms with Gasteiger partial charge in [0.15, 0.2) is 11.5 Å². The van der Waals surface area contributed by atoms with Crippen LogP contribution in [0.15, 0.2) is 63.6 Å². The molecule has 0 radical (unpaired) electrons. The van der Waals surface area contributed by atoms with Crippen LogP contribution in [0.1, 0.15) is 49.8 Å². The van der Waals surface area contributed by atoms with Crippen LogP contribution in [0.2, 0.25) is 0 Å². The number of aliphatic hydroxyl groups is 1. The Kier molecular flexibility index (Phi) is 9.32. The molecule has 5 rings (SSSR count). The molecule has 3 heterocycles. The molecule has 2 aromatic heterocycles. The molecule has 0 amide bonds. The van der Waals surface area contributed by atoms with E-state index in [-0.39, 0.29) is 6.15 Å². The third kappa shape index (κ3) is 6.50. The highest BCUT2D eigenvalue weighted by Gasteiger charge is 2.23. The fourth-order valence-corrected chi connectivity index (χ4v) is 5.00. The first-order valence-electron chi connectivity index (χ1n) is 12.9. The first-order chi connectivity index (χ1) is 18.5. The fraction of sp³-hybridized carbons (Fsp3) is 0.379. The maximum atomic E-state index is 10.8. The molecule has 1 aliphatic rings. The van der Waals surface area contributed by atoms with Gasteiger partial charge < -0.3 is 19.1 Å². The number of hydrogen-bond acceptors (Lipinski definition) is 9. The van der Waals surface area contributed by atoms with E-state index in [0.29, 0.717) is 29.7 Å². The first kappa shape index (κ1) is 27.1. The van der Waals surface area contributed by atoms with Gasteiger partial charge in [0.25, 0.3) is 5.89 Å². The van der Waals surface area contributed by atoms with Crippen LogP contribution in [0.5, 0.6) is 0 Å². The van der Waals surface area contributed by atoms with Gasteiger partial charge >= 0.3 is 6.15 Å². The maximum Gasteiger partial charge on any atom is 0.373 e. The summed E-state index contributed by atoms with van der Waals surface area (Å²) in [4.78, 5) is 23.2. The molecule has 9 nitrogen and oxygen atoms in total. The molecule has 0 saturated carbocycles. The molecule has 1 unspecified atom stereocenters. The lowest BCUT2D eigenvalue weighted by molar-refractivity contribution is -0.191. The molecule has 198 valence electrons. The fourth-order valence-electron chi connectivity index (χ4n) is 5.00. The predicted octanol–water partition coefficient (Wildman–Crippen LogP) is 5.33. The van der Waals surface area contributed by atoms with Crippen molar-refractivity contribution in [2.24, 2.45) is 5.92 Å². The van der Waals surface area contributed by atoms with Crippen LogP contribution in [-0.2, 0) is 9.59 Å². The van der Waals surface area contributed by atoms with Crippen LogP contribution in [0, 0.1) is 12.8 Å². The summed E-state index contributed by atoms with van der Waals surface area (Å²) in [6.45, 7) is 7.00. The van der Waals surface area contributed by atoms with Crippen LogP contribution in [-0.4, -0.2) is 51.1 Å². The Balaban J connectivity index is 0.00000107. The van der Waals surface area contributed by atoms with Gasteiger partial charge in [0.05, 0.1) is 6.10 Å². The summed E-state index contributed by atoms with van der Waals surface area (Å²) < 4.78 is 11.1. The molecule has 2 atom stereocenters. The van der Waals surface area contributed by atoms with Gasteiger partial charge in [-0.05, 0) is 44.2 Å². The Bertz CT molecular complexity index is 1320. The minimum atomic E-state index is -0.514. The van der Waals surface area contributed by atoms with Gasteiger partial charge in [-0.15, -0.1) is 0 Å². The predicted molar refractivity (Wildman–Crippen MR) is 139 cm³/mol. The molecule has 1 fully saturated rings. The Labute approximate surface area is 221 Å². The van der Waals surface area contributed by atoms with E-state index in [1.54, 1.807) is 0 Å². The lowest BCUT2D eigenvalue weighted by atomic mass is 9.93. The van der Waals surface area contributed by atoms with Gasteiger partial charge in [-0.3, -0.25) is 0 Å². The number of piperidine rings is 1. The van der Waals surface area contributed by atoms with E-state index >= 15 is 0 Å². The minimum Gasteiger partial charge on any atom is -0.387 e. The van der Waals surface area contributed by atoms with Crippen molar-refractivity contribution in [3.63, 3.8) is 0 Å². The Morgan fingerprint density at radius 3 is 2.50 bits per heavy atom. The Hall–Kier alpha value is -3.91. The highest BCUT2D eigenvalue weighted by molar-refractivity contribution is 5.69. The van der Waals surface area contributed by atoms with Gasteiger partial charge in [-0.2, -0.15) is 14.6 Å². The summed E-state index contributed by atoms with van der Waals surface area (Å²) in [5, 5.41) is 19.1. The second-order valence-electron chi connectivity index (χ2n) is 9.55. The van der Waals surface area contributed by atoms with Crippen molar-refractivity contribution in [1.29, 1.82) is 0 Å². The number of likely N-dealkylation sites (tertiary alicyclic amines) is 1. The zero-order valence-electron chi connectivity index (χ0n) is 21.7. The molecular formula is C29H32N4O5. The average molecular weight is 517 g/mol. The molecule has 0 bridgehead atoms. The van der Waals surface area contributed by atoms with E-state index in [1.165, 1.54) is 25.7 Å². The molecule has 0 aliphatic carbocycles. The molecule has 1 N–H and O–H groups in total. The number of rotatable bonds is 8. The van der Waals surface area contributed by atoms with E-state index < -0.39 is 6.10 Å². The number of carbonyl (C=O) groups excluding carboxylic acids is 2. The third-order valence-corrected chi connectivity index (χ3v) is 6.87. The number of β-amino-alcohol motifs (C(OH)–C–C–N with tert-alkyl or cyclic N) is 1. The maximum absolute atomic E-state index is 10.8. The topological polar surface area (TPSA) is 123 Å². The summed E-state index contributed by atoms with van der Waals surface area (Å²) in [5.41, 5.74) is 4.06. The van der Waals surface area contributed by atoms with Crippen molar-refractivity contribution < 1.29 is 23.7 Å². The van der Waals surface area contributed by atoms with Crippen molar-refractivity contribution in [3.05, 3.63) is 65.7 Å². The van der Waals surface area contributed by atoms with E-state index in [1.807, 2.05) is 61.5 Å². The van der Waals surface area contributed by atoms with E-state index in [2.05, 4.69) is 27.1 Å². The summed E-state index contributed by atoms with van der Waals surface area (Å²) in [6.07, 6.45) is 4.76. The number of aromatic nitrogens is 3. The normalized spacial score (nSPS) is 16.3. The Morgan fingerprint density at radius 2 is 1.79 bits per heavy atom. The molecule has 0 spiro atoms. The lowest BCUT2D eigenvalue weighted by Crippen LogP contribution is -2.38. The van der Waals surface area contributed by atoms with Crippen LogP contribution in [0.3, 0.4) is 0 Å². The van der Waals surface area contributed by atoms with Crippen molar-refractivity contribution in [3.8, 4) is 34.3 Å². The highest BCUT2D eigenvalue weighted by Crippen LogP contribution is 2.32. The summed E-state index contributed by atoms with van der Waals surface area (Å²) in [5.74, 6) is 2.24. The van der Waals surface area contributed by atoms with Gasteiger partial charge in [0.1, 0.15) is 0 Å². The molecule has 4 aromatic rings. The van der Waals surface area contributed by atoms with Gasteiger partial charge in [0, 0.05) is 29.8 Å². The average Bonchev–Trinajstić information content (AvgIpc) is 3.57. The van der Waals surface area contributed by atoms with E-state index in [4.69, 9.17) is 18.6 Å². The molecule has 1 aliphatic heterocycles. The monoisotopic (exact) mass is 516 g/mol. The lowest BCUT2D eigenvalue weighted by Gasteiger charge is -2.34. The minimum absolute atomic E-state index is 0.250. The number of hydrogen-bond donors (Lipinski definition) is 1. The second-order valence-corrected chi connectivity index (χ2v) is 9.55. The molecule has 9 heteroatoms. The molecule has 38 heavy (non-hydrogen) atoms. The van der Waals surface area contributed by atoms with Crippen LogP contribution < -0.4 is 0 Å². The molecule has 1 saturated heterocycles. The van der Waals surface area contributed by atoms with Crippen LogP contribution in [0.4, 0.5) is 0 Å². The van der Waals surface area contributed by atoms with Crippen LogP contribution >= 0.6 is 0 Å². The molecular weight excluding hydrogens is 484 g/mol. The van der Waals surface area contributed by atoms with Crippen molar-refractivity contribution in [2.75, 3.05) is 19.6 Å². The van der Waals surface area contributed by atoms with E-state index in [0.717, 1.165) is 41.3 Å². The highest BCUT2D eigenvalue weighted by atomic mass is 16.5. The zero-order valence-corrected chi connectivity index (χ0v) is 21.7. The zero-order chi connectivity index (χ0) is 26.9. The smallest absolute Gasteiger partial charge is 0.373 e. The van der Waals surface area contributed by atoms with Crippen molar-refractivity contribution in [1.82, 2.24) is 20.2 Å². The number of aliphatic hydroxyl groups excluding tert-OH is 1. The standard InChI is InChI=1S/C28H32N4O3.CO2/c1-3-8-20-9-7-16-32(17-20)18-24(33)21-12-14-23(15-13-21)27-29-28(35-31-27)25-19(2)26(34-30-25)22-10-5-4-6-11-22;2-1-3/h4-6,10-15,20,24,33H,3,7-9,16-18H2,1-2H3;/t20-,24?;/m0./s1. The molecule has 2 aromatic carbocycles. The van der Waals surface area contributed by atoms with Crippen LogP contribution in [0.25, 0.3) is 34.3 Å². The summed E-state index contributed by atoms with van der Waals surface area (Å²) in [6, 6.07) is 17.6. The summed E-state index contributed by atoms with van der Waals surface area (Å²) in [7, 11) is 0.